The van der Waals surface area contributed by atoms with Crippen LogP contribution in [0, 0.1) is 6.92 Å². The van der Waals surface area contributed by atoms with Crippen LogP contribution in [-0.4, -0.2) is 24.0 Å². The van der Waals surface area contributed by atoms with Crippen molar-refractivity contribution in [3.63, 3.8) is 0 Å². The summed E-state index contributed by atoms with van der Waals surface area (Å²) in [4.78, 5) is 15.2. The van der Waals surface area contributed by atoms with Crippen LogP contribution >= 0.6 is 11.6 Å². The predicted molar refractivity (Wildman–Crippen MR) is 71.8 cm³/mol. The van der Waals surface area contributed by atoms with Crippen LogP contribution in [0.5, 0.6) is 0 Å². The van der Waals surface area contributed by atoms with Gasteiger partial charge in [-0.3, -0.25) is 10.1 Å². The lowest BCUT2D eigenvalue weighted by atomic mass is 10.1. The van der Waals surface area contributed by atoms with E-state index >= 15 is 0 Å². The van der Waals surface area contributed by atoms with Crippen LogP contribution in [0.25, 0.3) is 10.9 Å². The van der Waals surface area contributed by atoms with E-state index in [1.165, 1.54) is 0 Å². The maximum absolute atomic E-state index is 11.9. The first-order valence-electron chi connectivity index (χ1n) is 5.96. The first-order chi connectivity index (χ1) is 8.68. The van der Waals surface area contributed by atoms with E-state index in [4.69, 9.17) is 11.6 Å². The van der Waals surface area contributed by atoms with Crippen molar-refractivity contribution in [1.82, 2.24) is 15.6 Å². The highest BCUT2D eigenvalue weighted by Crippen LogP contribution is 2.30. The molecule has 1 unspecified atom stereocenters. The molecule has 0 spiro atoms. The Labute approximate surface area is 110 Å². The van der Waals surface area contributed by atoms with Crippen molar-refractivity contribution in [3.05, 3.63) is 34.5 Å². The zero-order valence-corrected chi connectivity index (χ0v) is 10.8. The van der Waals surface area contributed by atoms with Gasteiger partial charge in [0.05, 0.1) is 10.5 Å². The van der Waals surface area contributed by atoms with Gasteiger partial charge in [-0.2, -0.15) is 0 Å². The summed E-state index contributed by atoms with van der Waals surface area (Å²) in [5, 5.41) is 7.83. The molecule has 1 aliphatic rings. The average Bonchev–Trinajstić information content (AvgIpc) is 2.70. The molecule has 2 aromatic rings. The fourth-order valence-electron chi connectivity index (χ4n) is 2.46. The van der Waals surface area contributed by atoms with Crippen molar-refractivity contribution in [2.24, 2.45) is 0 Å². The molecule has 3 rings (SSSR count). The standard InChI is InChI=1S/C13H14ClN3O/c1-7-8-3-2-4-9(14)11(8)17-10(7)12-13(18)16-6-5-15-12/h2-4,12,15,17H,5-6H2,1H3,(H,16,18). The molecule has 0 radical (unpaired) electrons. The second-order valence-electron chi connectivity index (χ2n) is 4.50. The summed E-state index contributed by atoms with van der Waals surface area (Å²) in [6, 6.07) is 5.46. The van der Waals surface area contributed by atoms with E-state index in [0.717, 1.165) is 28.7 Å². The number of aromatic nitrogens is 1. The third kappa shape index (κ3) is 1.69. The molecule has 1 fully saturated rings. The number of H-pyrrole nitrogens is 1. The van der Waals surface area contributed by atoms with Gasteiger partial charge in [0.15, 0.2) is 0 Å². The van der Waals surface area contributed by atoms with Gasteiger partial charge < -0.3 is 10.3 Å². The summed E-state index contributed by atoms with van der Waals surface area (Å²) in [5.74, 6) is 0.00651. The molecule has 18 heavy (non-hydrogen) atoms. The minimum absolute atomic E-state index is 0.00651. The SMILES string of the molecule is Cc1c(C2NCCNC2=O)[nH]c2c(Cl)cccc12. The van der Waals surface area contributed by atoms with Gasteiger partial charge in [0.1, 0.15) is 6.04 Å². The van der Waals surface area contributed by atoms with E-state index in [1.54, 1.807) is 0 Å². The second kappa shape index (κ2) is 4.30. The van der Waals surface area contributed by atoms with Crippen molar-refractivity contribution in [2.45, 2.75) is 13.0 Å². The molecule has 3 N–H and O–H groups in total. The minimum atomic E-state index is -0.317. The third-order valence-corrected chi connectivity index (χ3v) is 3.72. The number of halogens is 1. The van der Waals surface area contributed by atoms with Crippen LogP contribution in [0.1, 0.15) is 17.3 Å². The number of nitrogens with one attached hydrogen (secondary N) is 3. The lowest BCUT2D eigenvalue weighted by Gasteiger charge is -2.23. The quantitative estimate of drug-likeness (QED) is 0.736. The number of amides is 1. The molecule has 1 aromatic heterocycles. The largest absolute Gasteiger partial charge is 0.355 e. The molecule has 1 amide bonds. The number of hydrogen-bond donors (Lipinski definition) is 3. The minimum Gasteiger partial charge on any atom is -0.355 e. The Morgan fingerprint density at radius 1 is 1.33 bits per heavy atom. The van der Waals surface area contributed by atoms with E-state index in [1.807, 2.05) is 25.1 Å². The van der Waals surface area contributed by atoms with Gasteiger partial charge in [0.2, 0.25) is 5.91 Å². The highest BCUT2D eigenvalue weighted by molar-refractivity contribution is 6.35. The average molecular weight is 264 g/mol. The number of carbonyl (C=O) groups excluding carboxylic acids is 1. The van der Waals surface area contributed by atoms with Gasteiger partial charge in [0.25, 0.3) is 0 Å². The van der Waals surface area contributed by atoms with Gasteiger partial charge in [-0.25, -0.2) is 0 Å². The number of carbonyl (C=O) groups is 1. The Bertz CT molecular complexity index is 620. The summed E-state index contributed by atoms with van der Waals surface area (Å²) in [6.45, 7) is 3.46. The summed E-state index contributed by atoms with van der Waals surface area (Å²) in [6.07, 6.45) is 0. The zero-order valence-electron chi connectivity index (χ0n) is 10.0. The molecule has 94 valence electrons. The highest BCUT2D eigenvalue weighted by Gasteiger charge is 2.27. The molecule has 5 heteroatoms. The predicted octanol–water partition coefficient (Wildman–Crippen LogP) is 1.89. The summed E-state index contributed by atoms with van der Waals surface area (Å²) >= 11 is 6.17. The second-order valence-corrected chi connectivity index (χ2v) is 4.91. The van der Waals surface area contributed by atoms with E-state index < -0.39 is 0 Å². The van der Waals surface area contributed by atoms with Crippen LogP contribution in [0.4, 0.5) is 0 Å². The van der Waals surface area contributed by atoms with Gasteiger partial charge in [-0.05, 0) is 18.6 Å². The highest BCUT2D eigenvalue weighted by atomic mass is 35.5. The first-order valence-corrected chi connectivity index (χ1v) is 6.34. The topological polar surface area (TPSA) is 56.9 Å². The molecule has 2 heterocycles. The van der Waals surface area contributed by atoms with Gasteiger partial charge in [-0.1, -0.05) is 23.7 Å². The van der Waals surface area contributed by atoms with Gasteiger partial charge >= 0.3 is 0 Å². The molecule has 0 saturated carbocycles. The number of aromatic amines is 1. The summed E-state index contributed by atoms with van der Waals surface area (Å²) in [5.41, 5.74) is 2.86. The number of fused-ring (bicyclic) bond motifs is 1. The van der Waals surface area contributed by atoms with Crippen LogP contribution in [-0.2, 0) is 4.79 Å². The Morgan fingerprint density at radius 2 is 2.17 bits per heavy atom. The molecule has 0 aliphatic carbocycles. The van der Waals surface area contributed by atoms with Crippen molar-refractivity contribution in [3.8, 4) is 0 Å². The lowest BCUT2D eigenvalue weighted by Crippen LogP contribution is -2.47. The number of rotatable bonds is 1. The van der Waals surface area contributed by atoms with Gasteiger partial charge in [-0.15, -0.1) is 0 Å². The fraction of sp³-hybridized carbons (Fsp3) is 0.308. The lowest BCUT2D eigenvalue weighted by molar-refractivity contribution is -0.124. The summed E-state index contributed by atoms with van der Waals surface area (Å²) in [7, 11) is 0. The molecule has 1 aromatic carbocycles. The van der Waals surface area contributed by atoms with Crippen LogP contribution < -0.4 is 10.6 Å². The van der Waals surface area contributed by atoms with Crippen molar-refractivity contribution >= 4 is 28.4 Å². The monoisotopic (exact) mass is 263 g/mol. The Kier molecular flexibility index (Phi) is 2.76. The molecular formula is C13H14ClN3O. The van der Waals surface area contributed by atoms with Gasteiger partial charge in [0, 0.05) is 24.2 Å². The van der Waals surface area contributed by atoms with Crippen molar-refractivity contribution < 1.29 is 4.79 Å². The number of benzene rings is 1. The normalized spacial score (nSPS) is 20.1. The maximum Gasteiger partial charge on any atom is 0.243 e. The van der Waals surface area contributed by atoms with E-state index in [-0.39, 0.29) is 11.9 Å². The Morgan fingerprint density at radius 3 is 2.89 bits per heavy atom. The molecule has 1 saturated heterocycles. The van der Waals surface area contributed by atoms with Crippen molar-refractivity contribution in [2.75, 3.05) is 13.1 Å². The summed E-state index contributed by atoms with van der Waals surface area (Å²) < 4.78 is 0. The fourth-order valence-corrected chi connectivity index (χ4v) is 2.68. The first kappa shape index (κ1) is 11.6. The van der Waals surface area contributed by atoms with E-state index in [0.29, 0.717) is 11.6 Å². The maximum atomic E-state index is 11.9. The number of aryl methyl sites for hydroxylation is 1. The Hall–Kier alpha value is -1.52. The molecule has 0 bridgehead atoms. The number of para-hydroxylation sites is 1. The zero-order chi connectivity index (χ0) is 12.7. The Balaban J connectivity index is 2.14. The molecular weight excluding hydrogens is 250 g/mol. The number of piperazine rings is 1. The molecule has 4 nitrogen and oxygen atoms in total. The van der Waals surface area contributed by atoms with Crippen LogP contribution in [0.2, 0.25) is 5.02 Å². The van der Waals surface area contributed by atoms with Crippen molar-refractivity contribution in [1.29, 1.82) is 0 Å². The van der Waals surface area contributed by atoms with Crippen LogP contribution in [0.15, 0.2) is 18.2 Å². The van der Waals surface area contributed by atoms with E-state index in [9.17, 15) is 4.79 Å². The smallest absolute Gasteiger partial charge is 0.243 e. The molecule has 1 aliphatic heterocycles. The van der Waals surface area contributed by atoms with Crippen LogP contribution in [0.3, 0.4) is 0 Å². The third-order valence-electron chi connectivity index (χ3n) is 3.40. The number of hydrogen-bond acceptors (Lipinski definition) is 2. The van der Waals surface area contributed by atoms with E-state index in [2.05, 4.69) is 15.6 Å². The molecule has 1 atom stereocenters.